The number of aromatic nitrogens is 2. The van der Waals surface area contributed by atoms with Gasteiger partial charge in [-0.1, -0.05) is 224 Å². The van der Waals surface area contributed by atoms with E-state index in [0.717, 1.165) is 26.8 Å². The molecule has 1 aliphatic carbocycles. The highest BCUT2D eigenvalue weighted by Gasteiger charge is 2.43. The van der Waals surface area contributed by atoms with Crippen LogP contribution >= 0.6 is 0 Å². The second-order valence-corrected chi connectivity index (χ2v) is 25.1. The largest absolute Gasteiger partial charge is 0.457 e. The summed E-state index contributed by atoms with van der Waals surface area (Å²) in [6, 6.07) is -5.71. The lowest BCUT2D eigenvalue weighted by atomic mass is 9.63. The molecule has 0 bridgehead atoms. The van der Waals surface area contributed by atoms with Crippen LogP contribution in [0.5, 0.6) is 11.5 Å². The van der Waals surface area contributed by atoms with Gasteiger partial charge in [-0.15, -0.1) is 0 Å². The Morgan fingerprint density at radius 3 is 1.80 bits per heavy atom. The first-order valence-electron chi connectivity index (χ1n) is 48.8. The van der Waals surface area contributed by atoms with Crippen molar-refractivity contribution in [2.75, 3.05) is 16.5 Å². The van der Waals surface area contributed by atoms with Crippen LogP contribution in [0.4, 0.5) is 22.7 Å². The van der Waals surface area contributed by atoms with Crippen LogP contribution in [0.1, 0.15) is 149 Å². The third-order valence-electron chi connectivity index (χ3n) is 15.3. The smallest absolute Gasteiger partial charge is 0.179 e. The molecule has 5 nitrogen and oxygen atoms in total. The quantitative estimate of drug-likeness (QED) is 0.0955. The first-order chi connectivity index (χ1) is 59.7. The fourth-order valence-corrected chi connectivity index (χ4v) is 14.9. The van der Waals surface area contributed by atoms with Gasteiger partial charge in [-0.3, -0.25) is 4.57 Å². The van der Waals surface area contributed by atoms with Gasteiger partial charge in [-0.25, -0.2) is 4.98 Å². The van der Waals surface area contributed by atoms with Gasteiger partial charge in [0.15, 0.2) is 8.07 Å². The highest BCUT2D eigenvalue weighted by atomic mass is 28.3. The summed E-state index contributed by atoms with van der Waals surface area (Å²) in [7, 11) is -7.01. The number of benzene rings is 10. The molecule has 0 unspecified atom stereocenters. The van der Waals surface area contributed by atoms with Crippen molar-refractivity contribution in [1.82, 2.24) is 9.55 Å². The van der Waals surface area contributed by atoms with Crippen LogP contribution in [-0.2, 0) is 16.2 Å². The molecule has 424 valence electrons. The van der Waals surface area contributed by atoms with E-state index in [0.29, 0.717) is 11.3 Å². The number of hydrogen-bond acceptors (Lipinski definition) is 4. The van der Waals surface area contributed by atoms with Gasteiger partial charge >= 0.3 is 0 Å². The first-order valence-corrected chi connectivity index (χ1v) is 28.8. The maximum absolute atomic E-state index is 11.2. The molecular formula is C80H74N4OSi. The highest BCUT2D eigenvalue weighted by molar-refractivity contribution is 7.19. The Morgan fingerprint density at radius 1 is 0.535 bits per heavy atom. The number of nitrogens with zero attached hydrogens (tertiary/aromatic N) is 4. The number of hydrogen-bond donors (Lipinski definition) is 0. The number of rotatable bonds is 11. The Balaban J connectivity index is 1.21. The molecule has 3 heterocycles. The van der Waals surface area contributed by atoms with Crippen LogP contribution in [0.2, 0.25) is 0 Å². The van der Waals surface area contributed by atoms with Crippen molar-refractivity contribution in [3.63, 3.8) is 0 Å². The lowest BCUT2D eigenvalue weighted by Crippen LogP contribution is -2.74. The van der Waals surface area contributed by atoms with Gasteiger partial charge in [0.05, 0.1) is 58.3 Å². The van der Waals surface area contributed by atoms with Crippen LogP contribution in [0.25, 0.3) is 49.9 Å². The zero-order valence-electron chi connectivity index (χ0n) is 89.9. The van der Waals surface area contributed by atoms with E-state index in [4.69, 9.17) is 22.1 Å². The fourth-order valence-electron chi connectivity index (χ4n) is 11.3. The Morgan fingerprint density at radius 2 is 1.14 bits per heavy atom. The average Bonchev–Trinajstić information content (AvgIpc) is 0.676. The Hall–Kier alpha value is -9.23. The van der Waals surface area contributed by atoms with E-state index in [2.05, 4.69) is 0 Å². The molecule has 2 aliphatic rings. The van der Waals surface area contributed by atoms with E-state index in [-0.39, 0.29) is 40.0 Å². The maximum atomic E-state index is 11.2. The predicted molar refractivity (Wildman–Crippen MR) is 365 cm³/mol. The number of ether oxygens (including phenoxy) is 1. The van der Waals surface area contributed by atoms with E-state index in [1.54, 1.807) is 18.3 Å². The molecular weight excluding hydrogens is 1060 g/mol. The summed E-state index contributed by atoms with van der Waals surface area (Å²) in [4.78, 5) is 7.10. The molecule has 0 N–H and O–H groups in total. The lowest BCUT2D eigenvalue weighted by molar-refractivity contribution is 0.332. The van der Waals surface area contributed by atoms with Crippen molar-refractivity contribution in [1.29, 1.82) is 0 Å². The van der Waals surface area contributed by atoms with Crippen molar-refractivity contribution >= 4 is 73.4 Å². The fraction of sp³-hybridized carbons (Fsp3) is 0.188. The van der Waals surface area contributed by atoms with Crippen molar-refractivity contribution < 1.29 is 65.1 Å². The van der Waals surface area contributed by atoms with Crippen LogP contribution in [0.15, 0.2) is 248 Å². The predicted octanol–water partition coefficient (Wildman–Crippen LogP) is 18.2. The molecule has 1 aliphatic heterocycles. The molecule has 86 heavy (non-hydrogen) atoms. The zero-order chi connectivity index (χ0) is 96.8. The molecule has 10 aromatic carbocycles. The second kappa shape index (κ2) is 21.1. The van der Waals surface area contributed by atoms with E-state index in [1.165, 1.54) is 53.4 Å². The van der Waals surface area contributed by atoms with Gasteiger partial charge in [0.1, 0.15) is 24.0 Å². The third kappa shape index (κ3) is 9.25. The standard InChI is InChI=1S/C80H74N4OSi/c1-54-47-55(2)76(57-39-42-68-69(49-57)80(8,9)45-44-79(68,6)7)77(75(54)56-25-23-34-65(48-56)86(62-28-13-10-14-29-62,63-30-15-11-16-31-63)64-32-17-12-18-33-64)83-53-82(71-37-21-22-38-72(71)83)59-26-24-27-60(51-59)85-61-40-41-67-66-35-19-20-36-70(66)84(73(67)52-61)74-50-58(43-46-81-74)78(3,4)5/h10-43,46-52H,44-45,53H2,1-9H3/i1D3,2D3,6D3,7D3,8D3,9D3,10D,11D,12D,13D,14D,15D,16D,17D,18D,23D,25D,28D,29D,30D,31D,32D,33D,34D,39D,42D,44D2,45D2,48D,49D. The minimum atomic E-state index is -7.01. The Kier molecular flexibility index (Phi) is 6.04. The Labute approximate surface area is 570 Å². The summed E-state index contributed by atoms with van der Waals surface area (Å²) in [6.07, 6.45) is -8.32. The molecule has 0 fully saturated rings. The molecule has 6 heteroatoms. The van der Waals surface area contributed by atoms with Crippen molar-refractivity contribution in [2.24, 2.45) is 0 Å². The Bertz CT molecular complexity index is 6550. The van der Waals surface area contributed by atoms with E-state index >= 15 is 0 Å². The number of pyridine rings is 1. The topological polar surface area (TPSA) is 33.5 Å². The third-order valence-corrected chi connectivity index (χ3v) is 19.3. The molecule has 14 rings (SSSR count). The summed E-state index contributed by atoms with van der Waals surface area (Å²) in [6.45, 7) is -22.0. The minimum Gasteiger partial charge on any atom is -0.457 e. The maximum Gasteiger partial charge on any atom is 0.179 e. The molecule has 0 radical (unpaired) electrons. The van der Waals surface area contributed by atoms with Gasteiger partial charge in [0.2, 0.25) is 0 Å². The molecule has 2 aromatic heterocycles. The second-order valence-electron chi connectivity index (χ2n) is 21.6. The number of anilines is 4. The summed E-state index contributed by atoms with van der Waals surface area (Å²) in [5.41, 5.74) is -22.8. The first kappa shape index (κ1) is 24.6. The summed E-state index contributed by atoms with van der Waals surface area (Å²) in [5.74, 6) is 0.812. The molecule has 0 spiro atoms. The number of aryl methyl sites for hydroxylation is 2. The van der Waals surface area contributed by atoms with Gasteiger partial charge in [-0.05, 0) is 157 Å². The molecule has 0 atom stereocenters. The normalized spacial score (nSPS) is 24.0. The lowest BCUT2D eigenvalue weighted by Gasteiger charge is -2.42. The summed E-state index contributed by atoms with van der Waals surface area (Å²) in [5, 5.41) is -4.18. The van der Waals surface area contributed by atoms with Gasteiger partial charge in [0, 0.05) is 76.1 Å². The summed E-state index contributed by atoms with van der Waals surface area (Å²) >= 11 is 0. The van der Waals surface area contributed by atoms with E-state index < -0.39 is 283 Å². The summed E-state index contributed by atoms with van der Waals surface area (Å²) < 4.78 is 431. The number of para-hydroxylation sites is 3. The van der Waals surface area contributed by atoms with Gasteiger partial charge < -0.3 is 14.5 Å². The zero-order valence-corrected chi connectivity index (χ0v) is 46.9. The molecule has 0 saturated carbocycles. The van der Waals surface area contributed by atoms with Gasteiger partial charge in [-0.2, -0.15) is 0 Å². The minimum absolute atomic E-state index is 0.0450. The van der Waals surface area contributed by atoms with Crippen molar-refractivity contribution in [3.05, 3.63) is 276 Å². The van der Waals surface area contributed by atoms with E-state index in [9.17, 15) is 48.0 Å². The highest BCUT2D eigenvalue weighted by Crippen LogP contribution is 2.54. The van der Waals surface area contributed by atoms with Crippen molar-refractivity contribution in [2.45, 2.75) is 90.9 Å². The molecule has 12 aromatic rings. The van der Waals surface area contributed by atoms with Crippen LogP contribution in [-0.4, -0.2) is 24.3 Å². The van der Waals surface area contributed by atoms with Crippen LogP contribution in [0.3, 0.4) is 0 Å². The SMILES string of the molecule is [2H]c1c([2H])c([2H])c([Si](c2c([2H])c([2H])c([2H])c([2H])c2[2H])(c2c([2H])c([2H])c([2H])c([2H])c2[2H])c2c([2H])c([2H])c([2H])c(-c3c(C([2H])([2H])[2H])cc(C([2H])([2H])[2H])c(-c4c([2H])c([2H])c5c(c4[2H])C(C([2H])([2H])[2H])(C([2H])([2H])[2H])C([2H])([2H])C([2H])([2H])C5(C([2H])([2H])[2H])C([2H])([2H])[2H])c3N3CN(c4cccc(Oc5ccc6c7ccccc7n(-c7cc(C(C)(C)C)ccn7)c6c5)c4)c4ccccc43)c2[2H])c([2H])c1[2H]. The molecule has 0 saturated heterocycles. The van der Waals surface area contributed by atoms with E-state index in [1.807, 2.05) is 67.8 Å². The molecule has 0 amide bonds. The number of fused-ring (bicyclic) bond motifs is 5. The van der Waals surface area contributed by atoms with Gasteiger partial charge in [0.25, 0.3) is 0 Å². The van der Waals surface area contributed by atoms with Crippen molar-refractivity contribution in [3.8, 4) is 39.6 Å². The monoisotopic (exact) mass is 1180 g/mol. The average molecular weight is 1180 g/mol. The van der Waals surface area contributed by atoms with Crippen LogP contribution in [0, 0.1) is 13.7 Å². The van der Waals surface area contributed by atoms with Crippen LogP contribution < -0.4 is 35.3 Å².